The van der Waals surface area contributed by atoms with Gasteiger partial charge in [0.05, 0.1) is 6.54 Å². The molecule has 22 heavy (non-hydrogen) atoms. The number of rotatable bonds is 7. The Balaban J connectivity index is 2.51. The minimum absolute atomic E-state index is 0.111. The molecular formula is C16H30N4OS. The average Bonchev–Trinajstić information content (AvgIpc) is 2.94. The van der Waals surface area contributed by atoms with E-state index in [0.717, 1.165) is 31.2 Å². The van der Waals surface area contributed by atoms with E-state index >= 15 is 0 Å². The highest BCUT2D eigenvalue weighted by Crippen LogP contribution is 2.23. The number of guanidine groups is 1. The zero-order valence-corrected chi connectivity index (χ0v) is 15.2. The first-order valence-corrected chi connectivity index (χ1v) is 8.71. The quantitative estimate of drug-likeness (QED) is 0.351. The van der Waals surface area contributed by atoms with Crippen LogP contribution in [0.2, 0.25) is 0 Å². The summed E-state index contributed by atoms with van der Waals surface area (Å²) in [7, 11) is 0. The van der Waals surface area contributed by atoms with Crippen LogP contribution in [0.3, 0.4) is 0 Å². The van der Waals surface area contributed by atoms with Gasteiger partial charge in [0.25, 0.3) is 0 Å². The summed E-state index contributed by atoms with van der Waals surface area (Å²) in [5, 5.41) is 24.3. The SMILES string of the molecule is CCNC(=NCC(C)(O)c1ccsc1)NCCNC(C)(C)C. The molecule has 1 aromatic rings. The molecule has 0 spiro atoms. The molecule has 0 bridgehead atoms. The summed E-state index contributed by atoms with van der Waals surface area (Å²) >= 11 is 1.58. The molecule has 0 aliphatic rings. The van der Waals surface area contributed by atoms with Gasteiger partial charge in [-0.3, -0.25) is 0 Å². The van der Waals surface area contributed by atoms with E-state index in [0.29, 0.717) is 6.54 Å². The third kappa shape index (κ3) is 7.24. The zero-order valence-electron chi connectivity index (χ0n) is 14.4. The number of nitrogens with zero attached hydrogens (tertiary/aromatic N) is 1. The van der Waals surface area contributed by atoms with E-state index in [1.807, 2.05) is 23.8 Å². The number of aliphatic hydroxyl groups is 1. The van der Waals surface area contributed by atoms with Crippen LogP contribution in [0.5, 0.6) is 0 Å². The molecule has 0 fully saturated rings. The number of hydrogen-bond donors (Lipinski definition) is 4. The summed E-state index contributed by atoms with van der Waals surface area (Å²) in [6.45, 7) is 13.0. The molecule has 1 rings (SSSR count). The lowest BCUT2D eigenvalue weighted by molar-refractivity contribution is 0.0677. The second-order valence-electron chi connectivity index (χ2n) is 6.58. The first-order chi connectivity index (χ1) is 10.2. The van der Waals surface area contributed by atoms with E-state index in [-0.39, 0.29) is 5.54 Å². The standard InChI is InChI=1S/C16H30N4OS/c1-6-17-14(18-8-9-20-15(2,3)4)19-12-16(5,21)13-7-10-22-11-13/h7,10-11,20-21H,6,8-9,12H2,1-5H3,(H2,17,18,19). The van der Waals surface area contributed by atoms with Crippen LogP contribution in [-0.2, 0) is 5.60 Å². The Labute approximate surface area is 138 Å². The summed E-state index contributed by atoms with van der Waals surface area (Å²) in [4.78, 5) is 4.50. The molecule has 0 saturated heterocycles. The van der Waals surface area contributed by atoms with Crippen molar-refractivity contribution in [1.29, 1.82) is 0 Å². The van der Waals surface area contributed by atoms with Crippen LogP contribution in [0.4, 0.5) is 0 Å². The molecule has 0 radical (unpaired) electrons. The van der Waals surface area contributed by atoms with Gasteiger partial charge in [-0.25, -0.2) is 4.99 Å². The maximum absolute atomic E-state index is 10.5. The normalized spacial score (nSPS) is 15.5. The van der Waals surface area contributed by atoms with Crippen molar-refractivity contribution in [3.05, 3.63) is 22.4 Å². The largest absolute Gasteiger partial charge is 0.383 e. The Morgan fingerprint density at radius 1 is 1.23 bits per heavy atom. The topological polar surface area (TPSA) is 68.7 Å². The van der Waals surface area contributed by atoms with Crippen molar-refractivity contribution in [2.75, 3.05) is 26.2 Å². The number of nitrogens with one attached hydrogen (secondary N) is 3. The molecule has 126 valence electrons. The minimum Gasteiger partial charge on any atom is -0.383 e. The van der Waals surface area contributed by atoms with Gasteiger partial charge in [0.1, 0.15) is 5.60 Å². The summed E-state index contributed by atoms with van der Waals surface area (Å²) in [5.74, 6) is 0.730. The van der Waals surface area contributed by atoms with Crippen molar-refractivity contribution in [3.8, 4) is 0 Å². The Hall–Kier alpha value is -1.11. The predicted octanol–water partition coefficient (Wildman–Crippen LogP) is 1.90. The highest BCUT2D eigenvalue weighted by Gasteiger charge is 2.23. The van der Waals surface area contributed by atoms with Crippen LogP contribution in [-0.4, -0.2) is 42.8 Å². The Bertz CT molecular complexity index is 449. The van der Waals surface area contributed by atoms with Crippen LogP contribution in [0.25, 0.3) is 0 Å². The number of hydrogen-bond acceptors (Lipinski definition) is 4. The molecule has 1 unspecified atom stereocenters. The van der Waals surface area contributed by atoms with Gasteiger partial charge in [0.2, 0.25) is 0 Å². The maximum Gasteiger partial charge on any atom is 0.191 e. The fourth-order valence-electron chi connectivity index (χ4n) is 1.86. The van der Waals surface area contributed by atoms with E-state index in [1.165, 1.54) is 0 Å². The fourth-order valence-corrected chi connectivity index (χ4v) is 2.64. The third-order valence-corrected chi connectivity index (χ3v) is 3.79. The first kappa shape index (κ1) is 18.9. The lowest BCUT2D eigenvalue weighted by Crippen LogP contribution is -2.45. The van der Waals surface area contributed by atoms with Crippen molar-refractivity contribution in [1.82, 2.24) is 16.0 Å². The maximum atomic E-state index is 10.5. The zero-order chi connectivity index (χ0) is 16.6. The van der Waals surface area contributed by atoms with Crippen LogP contribution >= 0.6 is 11.3 Å². The highest BCUT2D eigenvalue weighted by molar-refractivity contribution is 7.08. The highest BCUT2D eigenvalue weighted by atomic mass is 32.1. The molecule has 0 aromatic carbocycles. The van der Waals surface area contributed by atoms with E-state index in [1.54, 1.807) is 18.3 Å². The van der Waals surface area contributed by atoms with E-state index in [9.17, 15) is 5.11 Å². The molecule has 1 atom stereocenters. The molecule has 1 heterocycles. The van der Waals surface area contributed by atoms with Gasteiger partial charge < -0.3 is 21.1 Å². The van der Waals surface area contributed by atoms with Crippen LogP contribution in [0.15, 0.2) is 21.8 Å². The molecule has 0 amide bonds. The second-order valence-corrected chi connectivity index (χ2v) is 7.36. The molecule has 0 saturated carbocycles. The third-order valence-electron chi connectivity index (χ3n) is 3.11. The van der Waals surface area contributed by atoms with E-state index < -0.39 is 5.60 Å². The minimum atomic E-state index is -0.938. The van der Waals surface area contributed by atoms with Gasteiger partial charge in [-0.2, -0.15) is 11.3 Å². The fraction of sp³-hybridized carbons (Fsp3) is 0.688. The monoisotopic (exact) mass is 326 g/mol. The smallest absolute Gasteiger partial charge is 0.191 e. The summed E-state index contributed by atoms with van der Waals surface area (Å²) in [6, 6.07) is 1.94. The lowest BCUT2D eigenvalue weighted by Gasteiger charge is -2.22. The van der Waals surface area contributed by atoms with Crippen LogP contribution in [0, 0.1) is 0 Å². The molecule has 0 aliphatic heterocycles. The van der Waals surface area contributed by atoms with Crippen molar-refractivity contribution in [2.45, 2.75) is 45.8 Å². The van der Waals surface area contributed by atoms with E-state index in [2.05, 4.69) is 41.7 Å². The predicted molar refractivity (Wildman–Crippen MR) is 95.6 cm³/mol. The van der Waals surface area contributed by atoms with Gasteiger partial charge in [-0.1, -0.05) is 0 Å². The van der Waals surface area contributed by atoms with Crippen molar-refractivity contribution < 1.29 is 5.11 Å². The Kier molecular flexibility index (Phi) is 7.32. The van der Waals surface area contributed by atoms with Crippen LogP contribution in [0.1, 0.15) is 40.2 Å². The number of aliphatic imine (C=N–C) groups is 1. The second kappa shape index (κ2) is 8.50. The molecule has 5 nitrogen and oxygen atoms in total. The van der Waals surface area contributed by atoms with Crippen LogP contribution < -0.4 is 16.0 Å². The van der Waals surface area contributed by atoms with Crippen molar-refractivity contribution >= 4 is 17.3 Å². The Morgan fingerprint density at radius 3 is 2.50 bits per heavy atom. The van der Waals surface area contributed by atoms with E-state index in [4.69, 9.17) is 0 Å². The summed E-state index contributed by atoms with van der Waals surface area (Å²) in [5.41, 5.74) is 0.0812. The summed E-state index contributed by atoms with van der Waals surface area (Å²) < 4.78 is 0. The lowest BCUT2D eigenvalue weighted by atomic mass is 10.00. The van der Waals surface area contributed by atoms with Gasteiger partial charge >= 0.3 is 0 Å². The molecule has 1 aromatic heterocycles. The van der Waals surface area contributed by atoms with Gasteiger partial charge in [0, 0.05) is 25.2 Å². The first-order valence-electron chi connectivity index (χ1n) is 7.77. The van der Waals surface area contributed by atoms with Gasteiger partial charge in [0.15, 0.2) is 5.96 Å². The van der Waals surface area contributed by atoms with Crippen molar-refractivity contribution in [3.63, 3.8) is 0 Å². The Morgan fingerprint density at radius 2 is 1.95 bits per heavy atom. The number of thiophene rings is 1. The molecule has 0 aliphatic carbocycles. The molecule has 4 N–H and O–H groups in total. The summed E-state index contributed by atoms with van der Waals surface area (Å²) in [6.07, 6.45) is 0. The average molecular weight is 327 g/mol. The van der Waals surface area contributed by atoms with Crippen molar-refractivity contribution in [2.24, 2.45) is 4.99 Å². The van der Waals surface area contributed by atoms with Gasteiger partial charge in [-0.15, -0.1) is 0 Å². The molecular weight excluding hydrogens is 296 g/mol. The molecule has 6 heteroatoms. The van der Waals surface area contributed by atoms with Gasteiger partial charge in [-0.05, 0) is 57.0 Å².